The molecular weight excluding hydrogens is 242 g/mol. The van der Waals surface area contributed by atoms with Gasteiger partial charge in [-0.2, -0.15) is 0 Å². The van der Waals surface area contributed by atoms with E-state index in [2.05, 4.69) is 35.6 Å². The molecule has 2 N–H and O–H groups in total. The van der Waals surface area contributed by atoms with E-state index in [9.17, 15) is 4.79 Å². The molecule has 0 aromatic carbocycles. The number of aromatic nitrogens is 2. The molecule has 0 radical (unpaired) electrons. The molecule has 6 heteroatoms. The van der Waals surface area contributed by atoms with E-state index in [1.807, 2.05) is 4.90 Å². The molecule has 1 fully saturated rings. The van der Waals surface area contributed by atoms with Gasteiger partial charge in [-0.15, -0.1) is 0 Å². The predicted molar refractivity (Wildman–Crippen MR) is 73.7 cm³/mol. The second-order valence-corrected chi connectivity index (χ2v) is 5.78. The number of piperazine rings is 1. The van der Waals surface area contributed by atoms with Crippen LogP contribution >= 0.6 is 0 Å². The van der Waals surface area contributed by atoms with E-state index < -0.39 is 0 Å². The van der Waals surface area contributed by atoms with Crippen molar-refractivity contribution in [3.05, 3.63) is 18.1 Å². The van der Waals surface area contributed by atoms with Crippen molar-refractivity contribution < 1.29 is 4.79 Å². The summed E-state index contributed by atoms with van der Waals surface area (Å²) in [6.07, 6.45) is 2.85. The summed E-state index contributed by atoms with van der Waals surface area (Å²) in [7, 11) is 0. The van der Waals surface area contributed by atoms with Gasteiger partial charge in [0, 0.05) is 31.7 Å². The molecule has 1 aliphatic rings. The first-order valence-electron chi connectivity index (χ1n) is 6.50. The van der Waals surface area contributed by atoms with E-state index in [4.69, 9.17) is 5.73 Å². The lowest BCUT2D eigenvalue weighted by Crippen LogP contribution is -2.54. The molecule has 0 aliphatic carbocycles. The molecule has 1 aromatic rings. The Balaban J connectivity index is 1.98. The number of anilines is 1. The zero-order valence-electron chi connectivity index (χ0n) is 11.8. The fourth-order valence-electron chi connectivity index (χ4n) is 2.19. The third-order valence-electron chi connectivity index (χ3n) is 3.41. The molecule has 19 heavy (non-hydrogen) atoms. The molecule has 1 aromatic heterocycles. The van der Waals surface area contributed by atoms with E-state index in [0.717, 1.165) is 26.2 Å². The predicted octanol–water partition coefficient (Wildman–Crippen LogP) is 0.615. The second-order valence-electron chi connectivity index (χ2n) is 5.78. The van der Waals surface area contributed by atoms with Crippen molar-refractivity contribution in [2.45, 2.75) is 26.3 Å². The molecular formula is C13H21N5O. The standard InChI is InChI=1S/C13H21N5O/c1-13(2,3)18-6-4-17(5-7-18)12(19)10-8-16-11(14)9-15-10/h8-9H,4-7H2,1-3H3,(H2,14,16). The van der Waals surface area contributed by atoms with Gasteiger partial charge in [-0.1, -0.05) is 0 Å². The van der Waals surface area contributed by atoms with Crippen LogP contribution in [0.15, 0.2) is 12.4 Å². The molecule has 104 valence electrons. The Morgan fingerprint density at radius 3 is 2.26 bits per heavy atom. The molecule has 0 unspecified atom stereocenters. The van der Waals surface area contributed by atoms with Crippen LogP contribution in [0.1, 0.15) is 31.3 Å². The van der Waals surface area contributed by atoms with E-state index in [1.165, 1.54) is 12.4 Å². The van der Waals surface area contributed by atoms with E-state index in [0.29, 0.717) is 11.5 Å². The van der Waals surface area contributed by atoms with Crippen LogP contribution in [0.4, 0.5) is 5.82 Å². The van der Waals surface area contributed by atoms with Crippen molar-refractivity contribution in [2.24, 2.45) is 0 Å². The number of amides is 1. The fourth-order valence-corrected chi connectivity index (χ4v) is 2.19. The first-order valence-corrected chi connectivity index (χ1v) is 6.50. The number of carbonyl (C=O) groups excluding carboxylic acids is 1. The third kappa shape index (κ3) is 3.20. The van der Waals surface area contributed by atoms with Gasteiger partial charge in [0.1, 0.15) is 11.5 Å². The van der Waals surface area contributed by atoms with Gasteiger partial charge in [-0.3, -0.25) is 9.69 Å². The molecule has 0 atom stereocenters. The molecule has 1 amide bonds. The summed E-state index contributed by atoms with van der Waals surface area (Å²) in [4.78, 5) is 24.4. The first-order chi connectivity index (χ1) is 8.88. The lowest BCUT2D eigenvalue weighted by atomic mass is 10.0. The minimum absolute atomic E-state index is 0.0685. The first kappa shape index (κ1) is 13.7. The molecule has 2 rings (SSSR count). The summed E-state index contributed by atoms with van der Waals surface area (Å²) in [5.74, 6) is 0.259. The van der Waals surface area contributed by atoms with Crippen molar-refractivity contribution in [3.63, 3.8) is 0 Å². The monoisotopic (exact) mass is 263 g/mol. The number of nitrogens with zero attached hydrogens (tertiary/aromatic N) is 4. The highest BCUT2D eigenvalue weighted by Gasteiger charge is 2.28. The fraction of sp³-hybridized carbons (Fsp3) is 0.615. The summed E-state index contributed by atoms with van der Waals surface area (Å²) in [5, 5.41) is 0. The maximum absolute atomic E-state index is 12.2. The van der Waals surface area contributed by atoms with Crippen molar-refractivity contribution >= 4 is 11.7 Å². The summed E-state index contributed by atoms with van der Waals surface area (Å²) < 4.78 is 0. The molecule has 2 heterocycles. The Bertz CT molecular complexity index is 443. The van der Waals surface area contributed by atoms with Gasteiger partial charge in [0.05, 0.1) is 12.4 Å². The van der Waals surface area contributed by atoms with Crippen LogP contribution in [-0.2, 0) is 0 Å². The number of nitrogen functional groups attached to an aromatic ring is 1. The van der Waals surface area contributed by atoms with E-state index >= 15 is 0 Å². The quantitative estimate of drug-likeness (QED) is 0.803. The number of rotatable bonds is 1. The van der Waals surface area contributed by atoms with Crippen LogP contribution in [0.5, 0.6) is 0 Å². The minimum atomic E-state index is -0.0685. The minimum Gasteiger partial charge on any atom is -0.382 e. The zero-order valence-corrected chi connectivity index (χ0v) is 11.8. The van der Waals surface area contributed by atoms with E-state index in [-0.39, 0.29) is 11.4 Å². The van der Waals surface area contributed by atoms with Gasteiger partial charge < -0.3 is 10.6 Å². The number of hydrogen-bond donors (Lipinski definition) is 1. The van der Waals surface area contributed by atoms with Crippen molar-refractivity contribution in [3.8, 4) is 0 Å². The van der Waals surface area contributed by atoms with Crippen LogP contribution in [0, 0.1) is 0 Å². The SMILES string of the molecule is CC(C)(C)N1CCN(C(=O)c2cnc(N)cn2)CC1. The largest absolute Gasteiger partial charge is 0.382 e. The highest BCUT2D eigenvalue weighted by atomic mass is 16.2. The molecule has 0 spiro atoms. The van der Waals surface area contributed by atoms with Crippen LogP contribution in [0.25, 0.3) is 0 Å². The van der Waals surface area contributed by atoms with Gasteiger partial charge in [0.2, 0.25) is 0 Å². The normalized spacial score (nSPS) is 17.5. The average molecular weight is 263 g/mol. The zero-order chi connectivity index (χ0) is 14.0. The summed E-state index contributed by atoms with van der Waals surface area (Å²) in [6.45, 7) is 9.79. The van der Waals surface area contributed by atoms with Crippen molar-refractivity contribution in [1.82, 2.24) is 19.8 Å². The van der Waals surface area contributed by atoms with Gasteiger partial charge in [-0.05, 0) is 20.8 Å². The molecule has 1 aliphatic heterocycles. The smallest absolute Gasteiger partial charge is 0.274 e. The maximum Gasteiger partial charge on any atom is 0.274 e. The molecule has 6 nitrogen and oxygen atoms in total. The summed E-state index contributed by atoms with van der Waals surface area (Å²) >= 11 is 0. The highest BCUT2D eigenvalue weighted by molar-refractivity contribution is 5.92. The Labute approximate surface area is 113 Å². The topological polar surface area (TPSA) is 75.3 Å². The van der Waals surface area contributed by atoms with Gasteiger partial charge in [-0.25, -0.2) is 9.97 Å². The second kappa shape index (κ2) is 5.13. The number of carbonyl (C=O) groups is 1. The molecule has 0 bridgehead atoms. The van der Waals surface area contributed by atoms with Crippen LogP contribution in [-0.4, -0.2) is 57.4 Å². The van der Waals surface area contributed by atoms with Crippen LogP contribution in [0.3, 0.4) is 0 Å². The Morgan fingerprint density at radius 1 is 1.16 bits per heavy atom. The van der Waals surface area contributed by atoms with Crippen molar-refractivity contribution in [2.75, 3.05) is 31.9 Å². The lowest BCUT2D eigenvalue weighted by molar-refractivity contribution is 0.0446. The van der Waals surface area contributed by atoms with Crippen LogP contribution < -0.4 is 5.73 Å². The van der Waals surface area contributed by atoms with E-state index in [1.54, 1.807) is 0 Å². The lowest BCUT2D eigenvalue weighted by Gasteiger charge is -2.42. The van der Waals surface area contributed by atoms with Crippen LogP contribution in [0.2, 0.25) is 0 Å². The Hall–Kier alpha value is -1.69. The molecule has 1 saturated heterocycles. The Kier molecular flexibility index (Phi) is 3.71. The Morgan fingerprint density at radius 2 is 1.79 bits per heavy atom. The third-order valence-corrected chi connectivity index (χ3v) is 3.41. The maximum atomic E-state index is 12.2. The number of nitrogens with two attached hydrogens (primary N) is 1. The average Bonchev–Trinajstić information content (AvgIpc) is 2.38. The highest BCUT2D eigenvalue weighted by Crippen LogP contribution is 2.16. The summed E-state index contributed by atoms with van der Waals surface area (Å²) in [5.41, 5.74) is 5.97. The van der Waals surface area contributed by atoms with Gasteiger partial charge in [0.25, 0.3) is 5.91 Å². The summed E-state index contributed by atoms with van der Waals surface area (Å²) in [6, 6.07) is 0. The van der Waals surface area contributed by atoms with Gasteiger partial charge >= 0.3 is 0 Å². The van der Waals surface area contributed by atoms with Crippen molar-refractivity contribution in [1.29, 1.82) is 0 Å². The van der Waals surface area contributed by atoms with Gasteiger partial charge in [0.15, 0.2) is 0 Å². The molecule has 0 saturated carbocycles. The number of hydrogen-bond acceptors (Lipinski definition) is 5.